The number of hydrogen-bond donors (Lipinski definition) is 3. The number of fused-ring (bicyclic) bond motifs is 1. The highest BCUT2D eigenvalue weighted by Gasteiger charge is 2.48. The van der Waals surface area contributed by atoms with Gasteiger partial charge in [0.1, 0.15) is 11.9 Å². The van der Waals surface area contributed by atoms with E-state index in [1.54, 1.807) is 60.5 Å². The normalized spacial score (nSPS) is 17.7. The van der Waals surface area contributed by atoms with E-state index in [-0.39, 0.29) is 30.2 Å². The molecule has 282 valence electrons. The summed E-state index contributed by atoms with van der Waals surface area (Å²) in [7, 11) is -2.34. The van der Waals surface area contributed by atoms with Gasteiger partial charge in [-0.1, -0.05) is 24.3 Å². The molecule has 3 aromatic carbocycles. The van der Waals surface area contributed by atoms with Crippen LogP contribution in [0, 0.1) is 11.7 Å². The van der Waals surface area contributed by atoms with Crippen molar-refractivity contribution in [1.29, 1.82) is 0 Å². The zero-order valence-corrected chi connectivity index (χ0v) is 29.3. The number of benzene rings is 3. The van der Waals surface area contributed by atoms with Gasteiger partial charge in [0, 0.05) is 23.8 Å². The summed E-state index contributed by atoms with van der Waals surface area (Å²) in [6.07, 6.45) is -2.09. The molecule has 1 aromatic heterocycles. The van der Waals surface area contributed by atoms with Gasteiger partial charge in [0.05, 0.1) is 35.8 Å². The summed E-state index contributed by atoms with van der Waals surface area (Å²) in [5, 5.41) is 11.5. The second-order valence-electron chi connectivity index (χ2n) is 12.3. The molecule has 53 heavy (non-hydrogen) atoms. The SMILES string of the molecule is CCOC(=O)[C@H]1CCN(C(=O)[C@H](Nc2ccc3c(N)nccc3c2)c2ccc(F)c(OC)c2)[C@@H]1c1ccccc1S(=O)(=O)C1CC1.O=C(O)C(F)(F)F. The molecular weight excluding hydrogens is 724 g/mol. The summed E-state index contributed by atoms with van der Waals surface area (Å²) >= 11 is 0. The number of anilines is 2. The summed E-state index contributed by atoms with van der Waals surface area (Å²) in [5.41, 5.74) is 7.42. The number of pyridine rings is 1. The van der Waals surface area contributed by atoms with Crippen LogP contribution in [0.5, 0.6) is 5.75 Å². The molecule has 4 N–H and O–H groups in total. The fourth-order valence-corrected chi connectivity index (χ4v) is 8.13. The van der Waals surface area contributed by atoms with Crippen LogP contribution in [0.4, 0.5) is 29.1 Å². The van der Waals surface area contributed by atoms with Crippen molar-refractivity contribution in [3.05, 3.63) is 89.9 Å². The lowest BCUT2D eigenvalue weighted by Crippen LogP contribution is -2.40. The Bertz CT molecular complexity index is 2130. The van der Waals surface area contributed by atoms with E-state index >= 15 is 0 Å². The number of amides is 1. The molecule has 0 radical (unpaired) electrons. The second-order valence-corrected chi connectivity index (χ2v) is 14.5. The molecule has 2 aliphatic rings. The lowest BCUT2D eigenvalue weighted by atomic mass is 9.93. The Morgan fingerprint density at radius 1 is 1.06 bits per heavy atom. The number of ether oxygens (including phenoxy) is 2. The van der Waals surface area contributed by atoms with Crippen molar-refractivity contribution in [3.8, 4) is 5.75 Å². The molecule has 1 saturated heterocycles. The molecule has 12 nitrogen and oxygen atoms in total. The molecule has 2 heterocycles. The summed E-state index contributed by atoms with van der Waals surface area (Å²) in [6.45, 7) is 2.01. The zero-order valence-electron chi connectivity index (χ0n) is 28.5. The highest BCUT2D eigenvalue weighted by atomic mass is 32.2. The first kappa shape index (κ1) is 38.8. The van der Waals surface area contributed by atoms with E-state index in [2.05, 4.69) is 10.3 Å². The van der Waals surface area contributed by atoms with Crippen LogP contribution in [0.25, 0.3) is 10.8 Å². The Balaban J connectivity index is 0.000000705. The van der Waals surface area contributed by atoms with Gasteiger partial charge in [0.2, 0.25) is 5.91 Å². The molecule has 1 aliphatic carbocycles. The smallest absolute Gasteiger partial charge is 0.490 e. The standard InChI is InChI=1S/C34H35FN4O6S.C2HF3O2/c1-3-45-34(41)26-15-17-39(31(26)25-6-4-5-7-29(25)46(42,43)23-10-11-23)33(40)30(21-8-13-27(35)28(19-21)44-2)38-22-9-12-24-20(18-22)14-16-37-32(24)36;3-2(4,5)1(6)7/h4-9,12-14,16,18-19,23,26,30-31,38H,3,10-11,15,17H2,1-2H3,(H2,36,37);(H,6,7)/t26-,30+,31+;/m0./s1. The molecule has 0 bridgehead atoms. The predicted molar refractivity (Wildman–Crippen MR) is 185 cm³/mol. The number of esters is 1. The number of hydrogen-bond acceptors (Lipinski definition) is 10. The summed E-state index contributed by atoms with van der Waals surface area (Å²) in [6, 6.07) is 15.9. The number of halogens is 4. The predicted octanol–water partition coefficient (Wildman–Crippen LogP) is 5.84. The first-order chi connectivity index (χ1) is 25.1. The van der Waals surface area contributed by atoms with Crippen LogP contribution < -0.4 is 15.8 Å². The van der Waals surface area contributed by atoms with E-state index < -0.39 is 62.9 Å². The minimum absolute atomic E-state index is 0.0438. The molecule has 17 heteroatoms. The van der Waals surface area contributed by atoms with E-state index in [9.17, 15) is 35.6 Å². The van der Waals surface area contributed by atoms with Gasteiger partial charge < -0.3 is 30.5 Å². The fraction of sp³-hybridized carbons (Fsp3) is 0.333. The third-order valence-electron chi connectivity index (χ3n) is 8.88. The number of methoxy groups -OCH3 is 1. The summed E-state index contributed by atoms with van der Waals surface area (Å²) in [5.74, 6) is -4.76. The molecule has 2 fully saturated rings. The van der Waals surface area contributed by atoms with Crippen molar-refractivity contribution in [2.24, 2.45) is 5.92 Å². The van der Waals surface area contributed by atoms with Crippen molar-refractivity contribution < 1.29 is 54.9 Å². The lowest BCUT2D eigenvalue weighted by Gasteiger charge is -2.33. The number of nitrogens with one attached hydrogen (secondary N) is 1. The molecule has 1 aliphatic heterocycles. The quantitative estimate of drug-likeness (QED) is 0.131. The number of likely N-dealkylation sites (tertiary alicyclic amines) is 1. The number of aromatic nitrogens is 1. The van der Waals surface area contributed by atoms with Crippen molar-refractivity contribution in [3.63, 3.8) is 0 Å². The highest BCUT2D eigenvalue weighted by molar-refractivity contribution is 7.92. The van der Waals surface area contributed by atoms with Gasteiger partial charge in [-0.2, -0.15) is 13.2 Å². The Kier molecular flexibility index (Phi) is 11.5. The van der Waals surface area contributed by atoms with Gasteiger partial charge in [-0.15, -0.1) is 0 Å². The number of carbonyl (C=O) groups excluding carboxylic acids is 2. The van der Waals surface area contributed by atoms with Crippen LogP contribution in [-0.2, 0) is 29.0 Å². The van der Waals surface area contributed by atoms with Crippen LogP contribution in [-0.4, -0.2) is 72.9 Å². The summed E-state index contributed by atoms with van der Waals surface area (Å²) < 4.78 is 84.1. The van der Waals surface area contributed by atoms with E-state index in [1.165, 1.54) is 25.3 Å². The number of carboxylic acid groups (broad SMARTS) is 1. The number of carbonyl (C=O) groups is 3. The van der Waals surface area contributed by atoms with Crippen LogP contribution in [0.15, 0.2) is 77.8 Å². The number of aliphatic carboxylic acids is 1. The monoisotopic (exact) mass is 760 g/mol. The number of nitrogens with zero attached hydrogens (tertiary/aromatic N) is 2. The minimum atomic E-state index is -5.08. The Morgan fingerprint density at radius 3 is 2.40 bits per heavy atom. The molecule has 1 saturated carbocycles. The maximum atomic E-state index is 14.8. The zero-order chi connectivity index (χ0) is 38.7. The number of alkyl halides is 3. The van der Waals surface area contributed by atoms with Gasteiger partial charge >= 0.3 is 18.1 Å². The molecule has 3 atom stereocenters. The van der Waals surface area contributed by atoms with Gasteiger partial charge in [-0.3, -0.25) is 9.59 Å². The lowest BCUT2D eigenvalue weighted by molar-refractivity contribution is -0.192. The highest BCUT2D eigenvalue weighted by Crippen LogP contribution is 2.45. The number of nitrogen functional groups attached to an aromatic ring is 1. The van der Waals surface area contributed by atoms with Crippen LogP contribution in [0.1, 0.15) is 49.4 Å². The first-order valence-corrected chi connectivity index (χ1v) is 18.0. The Hall–Kier alpha value is -5.45. The number of carboxylic acids is 1. The third kappa shape index (κ3) is 8.45. The van der Waals surface area contributed by atoms with Crippen molar-refractivity contribution in [2.45, 2.75) is 54.6 Å². The molecule has 1 amide bonds. The molecular formula is C36H36F4N4O8S. The van der Waals surface area contributed by atoms with E-state index in [0.717, 1.165) is 10.8 Å². The largest absolute Gasteiger partial charge is 0.494 e. The maximum absolute atomic E-state index is 14.8. The third-order valence-corrected chi connectivity index (χ3v) is 11.2. The van der Waals surface area contributed by atoms with E-state index in [4.69, 9.17) is 25.1 Å². The van der Waals surface area contributed by atoms with Crippen LogP contribution >= 0.6 is 0 Å². The first-order valence-electron chi connectivity index (χ1n) is 16.4. The minimum Gasteiger partial charge on any atom is -0.494 e. The van der Waals surface area contributed by atoms with Gasteiger partial charge in [0.15, 0.2) is 21.4 Å². The summed E-state index contributed by atoms with van der Waals surface area (Å²) in [4.78, 5) is 42.8. The maximum Gasteiger partial charge on any atom is 0.490 e. The molecule has 4 aromatic rings. The molecule has 6 rings (SSSR count). The van der Waals surface area contributed by atoms with Crippen molar-refractivity contribution in [2.75, 3.05) is 31.3 Å². The Labute approximate surface area is 301 Å². The van der Waals surface area contributed by atoms with Gasteiger partial charge in [0.25, 0.3) is 0 Å². The average Bonchev–Trinajstić information content (AvgIpc) is 3.90. The number of nitrogens with two attached hydrogens (primary N) is 1. The number of sulfone groups is 1. The van der Waals surface area contributed by atoms with E-state index in [1.807, 2.05) is 6.07 Å². The molecule has 0 spiro atoms. The van der Waals surface area contributed by atoms with E-state index in [0.29, 0.717) is 35.5 Å². The van der Waals surface area contributed by atoms with Crippen LogP contribution in [0.2, 0.25) is 0 Å². The average molecular weight is 761 g/mol. The van der Waals surface area contributed by atoms with Gasteiger partial charge in [-0.05, 0) is 85.2 Å². The number of rotatable bonds is 10. The topological polar surface area (TPSA) is 178 Å². The van der Waals surface area contributed by atoms with Gasteiger partial charge in [-0.25, -0.2) is 22.6 Å². The van der Waals surface area contributed by atoms with Crippen molar-refractivity contribution in [1.82, 2.24) is 9.88 Å². The fourth-order valence-electron chi connectivity index (χ4n) is 6.23. The van der Waals surface area contributed by atoms with Crippen LogP contribution in [0.3, 0.4) is 0 Å². The second kappa shape index (κ2) is 15.7. The van der Waals surface area contributed by atoms with Crippen molar-refractivity contribution >= 4 is 50.0 Å². The molecule has 0 unspecified atom stereocenters. The Morgan fingerprint density at radius 2 is 1.75 bits per heavy atom.